The van der Waals surface area contributed by atoms with Crippen molar-refractivity contribution < 1.29 is 13.2 Å². The van der Waals surface area contributed by atoms with Crippen LogP contribution >= 0.6 is 0 Å². The second-order valence-electron chi connectivity index (χ2n) is 3.36. The maximum absolute atomic E-state index is 12.4. The molecule has 1 rings (SSSR count). The summed E-state index contributed by atoms with van der Waals surface area (Å²) in [5.74, 6) is 0. The zero-order valence-corrected chi connectivity index (χ0v) is 8.73. The predicted molar refractivity (Wildman–Crippen MR) is 54.9 cm³/mol. The van der Waals surface area contributed by atoms with Crippen LogP contribution in [0.5, 0.6) is 0 Å². The van der Waals surface area contributed by atoms with Gasteiger partial charge in [0.15, 0.2) is 0 Å². The van der Waals surface area contributed by atoms with Gasteiger partial charge in [-0.3, -0.25) is 0 Å². The van der Waals surface area contributed by atoms with E-state index in [1.54, 1.807) is 6.92 Å². The van der Waals surface area contributed by atoms with Gasteiger partial charge in [-0.25, -0.2) is 0 Å². The molecule has 0 bridgehead atoms. The molecule has 0 radical (unpaired) electrons. The largest absolute Gasteiger partial charge is 0.416 e. The number of alkyl halides is 3. The molecule has 1 N–H and O–H groups in total. The molecule has 0 unspecified atom stereocenters. The summed E-state index contributed by atoms with van der Waals surface area (Å²) in [5.41, 5.74) is 0.466. The highest BCUT2D eigenvalue weighted by Gasteiger charge is 2.30. The minimum atomic E-state index is -4.33. The third-order valence-corrected chi connectivity index (χ3v) is 2.12. The molecule has 0 amide bonds. The molecule has 0 aliphatic heterocycles. The highest BCUT2D eigenvalue weighted by atomic mass is 19.4. The summed E-state index contributed by atoms with van der Waals surface area (Å²) < 4.78 is 37.2. The van der Waals surface area contributed by atoms with Crippen molar-refractivity contribution in [2.24, 2.45) is 0 Å². The van der Waals surface area contributed by atoms with E-state index in [1.807, 2.05) is 6.07 Å². The van der Waals surface area contributed by atoms with Crippen molar-refractivity contribution in [3.8, 4) is 6.07 Å². The number of hydrogen-bond acceptors (Lipinski definition) is 2. The summed E-state index contributed by atoms with van der Waals surface area (Å²) >= 11 is 0. The van der Waals surface area contributed by atoms with Gasteiger partial charge in [-0.1, -0.05) is 6.07 Å². The number of nitrogens with one attached hydrogen (secondary N) is 1. The van der Waals surface area contributed by atoms with Gasteiger partial charge in [0.2, 0.25) is 0 Å². The van der Waals surface area contributed by atoms with Crippen molar-refractivity contribution in [3.05, 3.63) is 29.3 Å². The molecule has 1 aromatic carbocycles. The third-order valence-electron chi connectivity index (χ3n) is 2.12. The van der Waals surface area contributed by atoms with Crippen LogP contribution in [0.3, 0.4) is 0 Å². The lowest BCUT2D eigenvalue weighted by molar-refractivity contribution is -0.137. The van der Waals surface area contributed by atoms with Crippen LogP contribution in [-0.4, -0.2) is 6.54 Å². The van der Waals surface area contributed by atoms with Crippen LogP contribution in [0.4, 0.5) is 18.9 Å². The Balaban J connectivity index is 2.88. The number of halogens is 3. The van der Waals surface area contributed by atoms with E-state index in [4.69, 9.17) is 5.26 Å². The van der Waals surface area contributed by atoms with Gasteiger partial charge >= 0.3 is 6.18 Å². The van der Waals surface area contributed by atoms with E-state index in [2.05, 4.69) is 5.32 Å². The molecule has 5 heteroatoms. The Kier molecular flexibility index (Phi) is 3.78. The van der Waals surface area contributed by atoms with Crippen LogP contribution in [0.1, 0.15) is 17.5 Å². The molecule has 0 aliphatic carbocycles. The van der Waals surface area contributed by atoms with Gasteiger partial charge in [-0.2, -0.15) is 18.4 Å². The molecule has 86 valence electrons. The lowest BCUT2D eigenvalue weighted by atomic mass is 10.1. The standard InChI is InChI=1S/C11H11F3N2/c1-8-3-4-9(11(12,13)14)7-10(8)16-6-2-5-15/h3-4,7,16H,2,6H2,1H3. The molecule has 0 aromatic heterocycles. The minimum absolute atomic E-state index is 0.260. The van der Waals surface area contributed by atoms with Crippen molar-refractivity contribution in [1.82, 2.24) is 0 Å². The summed E-state index contributed by atoms with van der Waals surface area (Å²) in [6, 6.07) is 5.44. The van der Waals surface area contributed by atoms with Crippen molar-refractivity contribution >= 4 is 5.69 Å². The van der Waals surface area contributed by atoms with E-state index in [0.717, 1.165) is 17.7 Å². The van der Waals surface area contributed by atoms with Gasteiger partial charge in [-0.05, 0) is 24.6 Å². The number of hydrogen-bond donors (Lipinski definition) is 1. The Bertz CT molecular complexity index is 405. The maximum atomic E-state index is 12.4. The zero-order chi connectivity index (χ0) is 12.2. The van der Waals surface area contributed by atoms with E-state index in [-0.39, 0.29) is 6.42 Å². The molecular weight excluding hydrogens is 217 g/mol. The van der Waals surface area contributed by atoms with Crippen LogP contribution in [0.15, 0.2) is 18.2 Å². The quantitative estimate of drug-likeness (QED) is 0.805. The second kappa shape index (κ2) is 4.88. The highest BCUT2D eigenvalue weighted by molar-refractivity contribution is 5.53. The monoisotopic (exact) mass is 228 g/mol. The molecule has 0 heterocycles. The van der Waals surface area contributed by atoms with Crippen LogP contribution in [0, 0.1) is 18.3 Å². The normalized spacial score (nSPS) is 10.9. The SMILES string of the molecule is Cc1ccc(C(F)(F)F)cc1NCCC#N. The van der Waals surface area contributed by atoms with Gasteiger partial charge in [0.1, 0.15) is 0 Å². The lowest BCUT2D eigenvalue weighted by Crippen LogP contribution is -2.08. The second-order valence-corrected chi connectivity index (χ2v) is 3.36. The van der Waals surface area contributed by atoms with Gasteiger partial charge in [0.25, 0.3) is 0 Å². The van der Waals surface area contributed by atoms with Gasteiger partial charge in [0.05, 0.1) is 18.1 Å². The van der Waals surface area contributed by atoms with E-state index in [1.165, 1.54) is 6.07 Å². The molecule has 0 saturated carbocycles. The first-order valence-electron chi connectivity index (χ1n) is 4.74. The number of rotatable bonds is 3. The molecule has 0 aliphatic rings. The molecule has 0 atom stereocenters. The Morgan fingerprint density at radius 2 is 2.06 bits per heavy atom. The van der Waals surface area contributed by atoms with Crippen LogP contribution in [0.2, 0.25) is 0 Å². The Labute approximate surface area is 91.7 Å². The van der Waals surface area contributed by atoms with Crippen molar-refractivity contribution in [1.29, 1.82) is 5.26 Å². The molecule has 2 nitrogen and oxygen atoms in total. The molecule has 0 saturated heterocycles. The van der Waals surface area contributed by atoms with E-state index in [0.29, 0.717) is 12.2 Å². The molecule has 1 aromatic rings. The topological polar surface area (TPSA) is 35.8 Å². The van der Waals surface area contributed by atoms with Crippen LogP contribution in [0.25, 0.3) is 0 Å². The third kappa shape index (κ3) is 3.16. The molecule has 16 heavy (non-hydrogen) atoms. The van der Waals surface area contributed by atoms with Gasteiger partial charge in [0, 0.05) is 12.2 Å². The molecular formula is C11H11F3N2. The lowest BCUT2D eigenvalue weighted by Gasteiger charge is -2.12. The Morgan fingerprint density at radius 1 is 1.38 bits per heavy atom. The average molecular weight is 228 g/mol. The predicted octanol–water partition coefficient (Wildman–Crippen LogP) is 3.34. The van der Waals surface area contributed by atoms with Gasteiger partial charge in [-0.15, -0.1) is 0 Å². The summed E-state index contributed by atoms with van der Waals surface area (Å²) in [6.07, 6.45) is -4.07. The number of anilines is 1. The number of nitriles is 1. The van der Waals surface area contributed by atoms with Crippen molar-refractivity contribution in [3.63, 3.8) is 0 Å². The van der Waals surface area contributed by atoms with Crippen molar-refractivity contribution in [2.45, 2.75) is 19.5 Å². The number of benzene rings is 1. The summed E-state index contributed by atoms with van der Waals surface area (Å²) in [4.78, 5) is 0. The first-order valence-corrected chi connectivity index (χ1v) is 4.74. The molecule has 0 fully saturated rings. The number of nitrogens with zero attached hydrogens (tertiary/aromatic N) is 1. The van der Waals surface area contributed by atoms with E-state index >= 15 is 0 Å². The summed E-state index contributed by atoms with van der Waals surface area (Å²) in [7, 11) is 0. The van der Waals surface area contributed by atoms with Crippen molar-refractivity contribution in [2.75, 3.05) is 11.9 Å². The fourth-order valence-electron chi connectivity index (χ4n) is 1.24. The van der Waals surface area contributed by atoms with Crippen LogP contribution < -0.4 is 5.32 Å². The highest BCUT2D eigenvalue weighted by Crippen LogP contribution is 2.31. The maximum Gasteiger partial charge on any atom is 0.416 e. The smallest absolute Gasteiger partial charge is 0.384 e. The average Bonchev–Trinajstić information content (AvgIpc) is 2.19. The Morgan fingerprint density at radius 3 is 2.62 bits per heavy atom. The zero-order valence-electron chi connectivity index (χ0n) is 8.73. The first-order chi connectivity index (χ1) is 7.45. The van der Waals surface area contributed by atoms with Gasteiger partial charge < -0.3 is 5.32 Å². The fraction of sp³-hybridized carbons (Fsp3) is 0.364. The molecule has 0 spiro atoms. The number of aryl methyl sites for hydroxylation is 1. The fourth-order valence-corrected chi connectivity index (χ4v) is 1.24. The Hall–Kier alpha value is -1.70. The van der Waals surface area contributed by atoms with E-state index < -0.39 is 11.7 Å². The summed E-state index contributed by atoms with van der Waals surface area (Å²) in [6.45, 7) is 2.06. The first kappa shape index (κ1) is 12.4. The summed E-state index contributed by atoms with van der Waals surface area (Å²) in [5, 5.41) is 11.1. The van der Waals surface area contributed by atoms with Crippen LogP contribution in [-0.2, 0) is 6.18 Å². The van der Waals surface area contributed by atoms with E-state index in [9.17, 15) is 13.2 Å². The minimum Gasteiger partial charge on any atom is -0.384 e.